The average Bonchev–Trinajstić information content (AvgIpc) is 3.18. The van der Waals surface area contributed by atoms with E-state index in [0.717, 1.165) is 44.4 Å². The van der Waals surface area contributed by atoms with Crippen molar-refractivity contribution in [2.45, 2.75) is 6.92 Å². The number of aromatic nitrogens is 3. The van der Waals surface area contributed by atoms with Crippen LogP contribution in [0.2, 0.25) is 0 Å². The SMILES string of the molecule is Cc1nc2c3ccccc3oc2c2c1cnn2-c1ccccc1. The first-order valence-electron chi connectivity index (χ1n) is 7.54. The Balaban J connectivity index is 2.01. The molecule has 0 fully saturated rings. The minimum absolute atomic E-state index is 0.785. The molecule has 0 unspecified atom stereocenters. The van der Waals surface area contributed by atoms with Crippen molar-refractivity contribution in [2.24, 2.45) is 0 Å². The first-order chi connectivity index (χ1) is 11.3. The molecular weight excluding hydrogens is 286 g/mol. The highest BCUT2D eigenvalue weighted by Crippen LogP contribution is 2.34. The molecule has 0 radical (unpaired) electrons. The predicted octanol–water partition coefficient (Wildman–Crippen LogP) is 4.63. The van der Waals surface area contributed by atoms with Crippen molar-refractivity contribution in [1.82, 2.24) is 14.8 Å². The topological polar surface area (TPSA) is 43.9 Å². The van der Waals surface area contributed by atoms with E-state index in [1.165, 1.54) is 0 Å². The molecule has 110 valence electrons. The number of aryl methyl sites for hydroxylation is 1. The molecule has 0 N–H and O–H groups in total. The molecule has 4 heteroatoms. The monoisotopic (exact) mass is 299 g/mol. The molecule has 0 bridgehead atoms. The van der Waals surface area contributed by atoms with Gasteiger partial charge in [0.15, 0.2) is 5.58 Å². The van der Waals surface area contributed by atoms with Gasteiger partial charge in [-0.25, -0.2) is 9.67 Å². The fourth-order valence-electron chi connectivity index (χ4n) is 3.13. The van der Waals surface area contributed by atoms with E-state index in [-0.39, 0.29) is 0 Å². The lowest BCUT2D eigenvalue weighted by Gasteiger charge is -2.04. The molecule has 0 spiro atoms. The van der Waals surface area contributed by atoms with Crippen molar-refractivity contribution in [3.05, 3.63) is 66.5 Å². The molecule has 0 saturated carbocycles. The minimum atomic E-state index is 0.785. The van der Waals surface area contributed by atoms with Gasteiger partial charge < -0.3 is 4.42 Å². The van der Waals surface area contributed by atoms with Crippen LogP contribution in [-0.2, 0) is 0 Å². The second kappa shape index (κ2) is 4.43. The zero-order valence-corrected chi connectivity index (χ0v) is 12.5. The summed E-state index contributed by atoms with van der Waals surface area (Å²) in [6.07, 6.45) is 1.86. The van der Waals surface area contributed by atoms with E-state index in [9.17, 15) is 0 Å². The van der Waals surface area contributed by atoms with Crippen LogP contribution in [0.25, 0.3) is 38.7 Å². The van der Waals surface area contributed by atoms with Crippen molar-refractivity contribution >= 4 is 33.0 Å². The lowest BCUT2D eigenvalue weighted by atomic mass is 10.2. The fraction of sp³-hybridized carbons (Fsp3) is 0.0526. The molecule has 4 nitrogen and oxygen atoms in total. The molecule has 0 amide bonds. The highest BCUT2D eigenvalue weighted by Gasteiger charge is 2.18. The van der Waals surface area contributed by atoms with Gasteiger partial charge in [0.2, 0.25) is 0 Å². The van der Waals surface area contributed by atoms with Crippen LogP contribution in [-0.4, -0.2) is 14.8 Å². The summed E-state index contributed by atoms with van der Waals surface area (Å²) < 4.78 is 8.04. The molecule has 0 aliphatic carbocycles. The Bertz CT molecular complexity index is 1170. The first kappa shape index (κ1) is 12.4. The summed E-state index contributed by atoms with van der Waals surface area (Å²) in [7, 11) is 0. The van der Waals surface area contributed by atoms with Gasteiger partial charge in [0, 0.05) is 16.5 Å². The van der Waals surface area contributed by atoms with Crippen LogP contribution in [0.15, 0.2) is 65.2 Å². The van der Waals surface area contributed by atoms with Crippen LogP contribution >= 0.6 is 0 Å². The van der Waals surface area contributed by atoms with Crippen LogP contribution in [0.4, 0.5) is 0 Å². The average molecular weight is 299 g/mol. The van der Waals surface area contributed by atoms with Gasteiger partial charge in [0.1, 0.15) is 16.6 Å². The van der Waals surface area contributed by atoms with E-state index in [0.29, 0.717) is 0 Å². The van der Waals surface area contributed by atoms with E-state index in [2.05, 4.69) is 5.10 Å². The van der Waals surface area contributed by atoms with E-state index in [1.54, 1.807) is 0 Å². The molecule has 5 aromatic rings. The maximum absolute atomic E-state index is 6.12. The standard InChI is InChI=1S/C19H13N3O/c1-12-15-11-20-22(13-7-3-2-4-8-13)18(15)19-17(21-12)14-9-5-6-10-16(14)23-19/h2-11H,1H3. The number of benzene rings is 2. The van der Waals surface area contributed by atoms with E-state index in [1.807, 2.05) is 72.4 Å². The lowest BCUT2D eigenvalue weighted by molar-refractivity contribution is 0.669. The maximum atomic E-state index is 6.12. The number of rotatable bonds is 1. The van der Waals surface area contributed by atoms with Crippen molar-refractivity contribution in [3.8, 4) is 5.69 Å². The van der Waals surface area contributed by atoms with Crippen molar-refractivity contribution in [3.63, 3.8) is 0 Å². The lowest BCUT2D eigenvalue weighted by Crippen LogP contribution is -1.96. The number of fused-ring (bicyclic) bond motifs is 5. The molecule has 0 aliphatic heterocycles. The molecule has 5 rings (SSSR count). The van der Waals surface area contributed by atoms with Crippen molar-refractivity contribution < 1.29 is 4.42 Å². The number of hydrogen-bond donors (Lipinski definition) is 0. The number of para-hydroxylation sites is 2. The summed E-state index contributed by atoms with van der Waals surface area (Å²) in [6, 6.07) is 18.1. The van der Waals surface area contributed by atoms with Gasteiger partial charge in [-0.2, -0.15) is 5.10 Å². The van der Waals surface area contributed by atoms with E-state index in [4.69, 9.17) is 9.40 Å². The summed E-state index contributed by atoms with van der Waals surface area (Å²) in [6.45, 7) is 2.01. The van der Waals surface area contributed by atoms with Gasteiger partial charge in [0.05, 0.1) is 11.9 Å². The zero-order valence-electron chi connectivity index (χ0n) is 12.5. The van der Waals surface area contributed by atoms with Gasteiger partial charge in [-0.15, -0.1) is 0 Å². The third-order valence-corrected chi connectivity index (χ3v) is 4.22. The van der Waals surface area contributed by atoms with Crippen molar-refractivity contribution in [2.75, 3.05) is 0 Å². The largest absolute Gasteiger partial charge is 0.452 e. The third-order valence-electron chi connectivity index (χ3n) is 4.22. The van der Waals surface area contributed by atoms with E-state index < -0.39 is 0 Å². The zero-order chi connectivity index (χ0) is 15.4. The maximum Gasteiger partial charge on any atom is 0.180 e. The van der Waals surface area contributed by atoms with Crippen LogP contribution in [0.1, 0.15) is 5.69 Å². The number of nitrogens with zero attached hydrogens (tertiary/aromatic N) is 3. The normalized spacial score (nSPS) is 11.7. The number of hydrogen-bond acceptors (Lipinski definition) is 3. The molecule has 0 aliphatic rings. The molecule has 23 heavy (non-hydrogen) atoms. The summed E-state index contributed by atoms with van der Waals surface area (Å²) in [4.78, 5) is 4.75. The Hall–Kier alpha value is -3.14. The Morgan fingerprint density at radius 2 is 1.70 bits per heavy atom. The summed E-state index contributed by atoms with van der Waals surface area (Å²) in [5.74, 6) is 0. The number of pyridine rings is 1. The second-order valence-corrected chi connectivity index (χ2v) is 5.63. The van der Waals surface area contributed by atoms with Crippen LogP contribution < -0.4 is 0 Å². The van der Waals surface area contributed by atoms with Gasteiger partial charge in [0.25, 0.3) is 0 Å². The Kier molecular flexibility index (Phi) is 2.39. The van der Waals surface area contributed by atoms with E-state index >= 15 is 0 Å². The molecule has 3 heterocycles. The second-order valence-electron chi connectivity index (χ2n) is 5.63. The van der Waals surface area contributed by atoms with Crippen LogP contribution in [0.5, 0.6) is 0 Å². The smallest absolute Gasteiger partial charge is 0.180 e. The van der Waals surface area contributed by atoms with Gasteiger partial charge in [-0.05, 0) is 31.2 Å². The molecule has 3 aromatic heterocycles. The van der Waals surface area contributed by atoms with Gasteiger partial charge in [-0.3, -0.25) is 0 Å². The van der Waals surface area contributed by atoms with Crippen LogP contribution in [0.3, 0.4) is 0 Å². The summed E-state index contributed by atoms with van der Waals surface area (Å²) in [5.41, 5.74) is 5.46. The molecule has 0 atom stereocenters. The quantitative estimate of drug-likeness (QED) is 0.453. The molecular formula is C19H13N3O. The third kappa shape index (κ3) is 1.66. The van der Waals surface area contributed by atoms with Crippen molar-refractivity contribution in [1.29, 1.82) is 0 Å². The highest BCUT2D eigenvalue weighted by molar-refractivity contribution is 6.12. The fourth-order valence-corrected chi connectivity index (χ4v) is 3.13. The van der Waals surface area contributed by atoms with Crippen LogP contribution in [0, 0.1) is 6.92 Å². The summed E-state index contributed by atoms with van der Waals surface area (Å²) in [5, 5.41) is 6.61. The molecule has 2 aromatic carbocycles. The van der Waals surface area contributed by atoms with Gasteiger partial charge >= 0.3 is 0 Å². The van der Waals surface area contributed by atoms with Gasteiger partial charge in [-0.1, -0.05) is 30.3 Å². The first-order valence-corrected chi connectivity index (χ1v) is 7.54. The highest BCUT2D eigenvalue weighted by atomic mass is 16.3. The Morgan fingerprint density at radius 3 is 2.57 bits per heavy atom. The predicted molar refractivity (Wildman–Crippen MR) is 90.9 cm³/mol. The number of furan rings is 1. The minimum Gasteiger partial charge on any atom is -0.452 e. The molecule has 0 saturated heterocycles. The Morgan fingerprint density at radius 1 is 0.913 bits per heavy atom. The summed E-state index contributed by atoms with van der Waals surface area (Å²) >= 11 is 0. The Labute approximate surface area is 132 Å².